The molecule has 0 aliphatic heterocycles. The molecule has 118 valence electrons. The fraction of sp³-hybridized carbons (Fsp3) is 0.105. The van der Waals surface area contributed by atoms with Crippen LogP contribution in [0, 0.1) is 0 Å². The summed E-state index contributed by atoms with van der Waals surface area (Å²) in [5, 5.41) is 3.36. The van der Waals surface area contributed by atoms with Crippen LogP contribution in [0.15, 0.2) is 73.2 Å². The largest absolute Gasteiger partial charge is 0.348 e. The van der Waals surface area contributed by atoms with Gasteiger partial charge in [-0.1, -0.05) is 36.4 Å². The smallest absolute Gasteiger partial charge is 0.223 e. The quantitative estimate of drug-likeness (QED) is 0.619. The fourth-order valence-electron chi connectivity index (χ4n) is 2.71. The van der Waals surface area contributed by atoms with Crippen molar-refractivity contribution in [2.24, 2.45) is 0 Å². The lowest BCUT2D eigenvalue weighted by Crippen LogP contribution is -2.09. The summed E-state index contributed by atoms with van der Waals surface area (Å²) >= 11 is 0. The van der Waals surface area contributed by atoms with E-state index in [1.54, 1.807) is 6.20 Å². The van der Waals surface area contributed by atoms with Crippen molar-refractivity contribution in [2.45, 2.75) is 13.0 Å². The van der Waals surface area contributed by atoms with Gasteiger partial charge in [0, 0.05) is 12.4 Å². The Kier molecular flexibility index (Phi) is 3.67. The van der Waals surface area contributed by atoms with Crippen LogP contribution >= 0.6 is 0 Å². The van der Waals surface area contributed by atoms with Gasteiger partial charge >= 0.3 is 0 Å². The van der Waals surface area contributed by atoms with Gasteiger partial charge in [0.15, 0.2) is 0 Å². The molecule has 4 aromatic rings. The van der Waals surface area contributed by atoms with Crippen molar-refractivity contribution in [1.82, 2.24) is 19.4 Å². The van der Waals surface area contributed by atoms with Crippen LogP contribution in [-0.2, 0) is 0 Å². The summed E-state index contributed by atoms with van der Waals surface area (Å²) in [5.41, 5.74) is 3.88. The Morgan fingerprint density at radius 3 is 2.67 bits per heavy atom. The first-order valence-electron chi connectivity index (χ1n) is 7.88. The molecule has 5 heteroatoms. The number of aromatic nitrogens is 4. The molecule has 0 radical (unpaired) electrons. The van der Waals surface area contributed by atoms with Crippen molar-refractivity contribution in [3.8, 4) is 11.4 Å². The molecule has 1 atom stereocenters. The number of anilines is 1. The molecule has 0 bridgehead atoms. The van der Waals surface area contributed by atoms with Crippen LogP contribution in [0.2, 0.25) is 0 Å². The highest BCUT2D eigenvalue weighted by molar-refractivity contribution is 5.60. The Bertz CT molecular complexity index is 962. The summed E-state index contributed by atoms with van der Waals surface area (Å²) in [6.07, 6.45) is 5.59. The van der Waals surface area contributed by atoms with Gasteiger partial charge in [-0.15, -0.1) is 0 Å². The molecule has 5 nitrogen and oxygen atoms in total. The number of imidazole rings is 1. The van der Waals surface area contributed by atoms with E-state index in [-0.39, 0.29) is 6.04 Å². The minimum Gasteiger partial charge on any atom is -0.348 e. The van der Waals surface area contributed by atoms with Crippen LogP contribution in [0.25, 0.3) is 17.0 Å². The number of rotatable bonds is 4. The van der Waals surface area contributed by atoms with Gasteiger partial charge in [0.2, 0.25) is 5.95 Å². The zero-order valence-corrected chi connectivity index (χ0v) is 13.3. The van der Waals surface area contributed by atoms with Crippen LogP contribution in [0.3, 0.4) is 0 Å². The van der Waals surface area contributed by atoms with Crippen molar-refractivity contribution in [3.05, 3.63) is 78.8 Å². The first-order valence-corrected chi connectivity index (χ1v) is 7.88. The molecule has 4 rings (SSSR count). The Balaban J connectivity index is 1.64. The SMILES string of the molecule is C[C@H](Nc1nccc(-c2cnc3ccccn23)n1)c1ccccc1. The second kappa shape index (κ2) is 6.12. The van der Waals surface area contributed by atoms with Crippen molar-refractivity contribution in [1.29, 1.82) is 0 Å². The molecule has 0 spiro atoms. The Hall–Kier alpha value is -3.21. The van der Waals surface area contributed by atoms with Gasteiger partial charge in [0.1, 0.15) is 5.65 Å². The van der Waals surface area contributed by atoms with E-state index in [4.69, 9.17) is 0 Å². The van der Waals surface area contributed by atoms with Crippen molar-refractivity contribution < 1.29 is 0 Å². The van der Waals surface area contributed by atoms with Gasteiger partial charge in [0.25, 0.3) is 0 Å². The van der Waals surface area contributed by atoms with Gasteiger partial charge in [0.05, 0.1) is 23.6 Å². The van der Waals surface area contributed by atoms with E-state index < -0.39 is 0 Å². The van der Waals surface area contributed by atoms with Gasteiger partial charge in [-0.25, -0.2) is 15.0 Å². The molecular formula is C19H17N5. The number of benzene rings is 1. The molecule has 1 N–H and O–H groups in total. The second-order valence-corrected chi connectivity index (χ2v) is 5.61. The summed E-state index contributed by atoms with van der Waals surface area (Å²) in [6.45, 7) is 2.10. The van der Waals surface area contributed by atoms with E-state index in [0.29, 0.717) is 5.95 Å². The first kappa shape index (κ1) is 14.4. The number of hydrogen-bond donors (Lipinski definition) is 1. The predicted octanol–water partition coefficient (Wildman–Crippen LogP) is 3.96. The first-order chi connectivity index (χ1) is 11.8. The van der Waals surface area contributed by atoms with Gasteiger partial charge < -0.3 is 5.32 Å². The molecule has 1 aromatic carbocycles. The van der Waals surface area contributed by atoms with Crippen LogP contribution in [0.1, 0.15) is 18.5 Å². The third-order valence-corrected chi connectivity index (χ3v) is 3.98. The minimum atomic E-state index is 0.128. The molecule has 0 saturated heterocycles. The molecule has 0 fully saturated rings. The van der Waals surface area contributed by atoms with Crippen LogP contribution < -0.4 is 5.32 Å². The van der Waals surface area contributed by atoms with Crippen LogP contribution in [0.4, 0.5) is 5.95 Å². The molecule has 0 saturated carbocycles. The standard InChI is InChI=1S/C19H17N5/c1-14(15-7-3-2-4-8-15)22-19-20-11-10-16(23-19)17-13-21-18-9-5-6-12-24(17)18/h2-14H,1H3,(H,20,22,23)/t14-/m0/s1. The maximum atomic E-state index is 4.65. The molecular weight excluding hydrogens is 298 g/mol. The van der Waals surface area contributed by atoms with Crippen molar-refractivity contribution in [2.75, 3.05) is 5.32 Å². The van der Waals surface area contributed by atoms with Crippen LogP contribution in [-0.4, -0.2) is 19.4 Å². The van der Waals surface area contributed by atoms with E-state index in [0.717, 1.165) is 17.0 Å². The summed E-state index contributed by atoms with van der Waals surface area (Å²) in [6, 6.07) is 18.2. The van der Waals surface area contributed by atoms with E-state index in [2.05, 4.69) is 39.3 Å². The van der Waals surface area contributed by atoms with E-state index in [9.17, 15) is 0 Å². The lowest BCUT2D eigenvalue weighted by molar-refractivity contribution is 0.861. The fourth-order valence-corrected chi connectivity index (χ4v) is 2.71. The van der Waals surface area contributed by atoms with E-state index >= 15 is 0 Å². The number of pyridine rings is 1. The molecule has 0 aliphatic rings. The highest BCUT2D eigenvalue weighted by atomic mass is 15.1. The number of nitrogens with one attached hydrogen (secondary N) is 1. The third kappa shape index (κ3) is 2.72. The lowest BCUT2D eigenvalue weighted by atomic mass is 10.1. The average Bonchev–Trinajstić information content (AvgIpc) is 3.07. The third-order valence-electron chi connectivity index (χ3n) is 3.98. The van der Waals surface area contributed by atoms with Crippen molar-refractivity contribution >= 4 is 11.6 Å². The lowest BCUT2D eigenvalue weighted by Gasteiger charge is -2.14. The Morgan fingerprint density at radius 2 is 1.79 bits per heavy atom. The Morgan fingerprint density at radius 1 is 0.958 bits per heavy atom. The predicted molar refractivity (Wildman–Crippen MR) is 94.7 cm³/mol. The van der Waals surface area contributed by atoms with Crippen LogP contribution in [0.5, 0.6) is 0 Å². The maximum Gasteiger partial charge on any atom is 0.223 e. The molecule has 3 aromatic heterocycles. The molecule has 0 aliphatic carbocycles. The summed E-state index contributed by atoms with van der Waals surface area (Å²) in [7, 11) is 0. The summed E-state index contributed by atoms with van der Waals surface area (Å²) in [5.74, 6) is 0.606. The zero-order valence-electron chi connectivity index (χ0n) is 13.3. The second-order valence-electron chi connectivity index (χ2n) is 5.61. The number of hydrogen-bond acceptors (Lipinski definition) is 4. The van der Waals surface area contributed by atoms with E-state index in [1.165, 1.54) is 5.56 Å². The van der Waals surface area contributed by atoms with Gasteiger partial charge in [-0.05, 0) is 30.7 Å². The normalized spacial score (nSPS) is 12.2. The highest BCUT2D eigenvalue weighted by Gasteiger charge is 2.10. The summed E-state index contributed by atoms with van der Waals surface area (Å²) < 4.78 is 2.02. The topological polar surface area (TPSA) is 55.1 Å². The monoisotopic (exact) mass is 315 g/mol. The Labute approximate surface area is 140 Å². The van der Waals surface area contributed by atoms with Gasteiger partial charge in [-0.3, -0.25) is 4.40 Å². The number of nitrogens with zero attached hydrogens (tertiary/aromatic N) is 4. The molecule has 0 amide bonds. The molecule has 3 heterocycles. The molecule has 24 heavy (non-hydrogen) atoms. The minimum absolute atomic E-state index is 0.128. The maximum absolute atomic E-state index is 4.65. The molecule has 0 unspecified atom stereocenters. The van der Waals surface area contributed by atoms with E-state index in [1.807, 2.05) is 59.3 Å². The van der Waals surface area contributed by atoms with Crippen molar-refractivity contribution in [3.63, 3.8) is 0 Å². The highest BCUT2D eigenvalue weighted by Crippen LogP contribution is 2.21. The average molecular weight is 315 g/mol. The number of fused-ring (bicyclic) bond motifs is 1. The van der Waals surface area contributed by atoms with Gasteiger partial charge in [-0.2, -0.15) is 0 Å². The zero-order chi connectivity index (χ0) is 16.4. The summed E-state index contributed by atoms with van der Waals surface area (Å²) in [4.78, 5) is 13.4.